The number of rotatable bonds is 6. The maximum atomic E-state index is 5.26. The van der Waals surface area contributed by atoms with Gasteiger partial charge in [-0.05, 0) is 36.8 Å². The van der Waals surface area contributed by atoms with Gasteiger partial charge in [-0.1, -0.05) is 30.3 Å². The van der Waals surface area contributed by atoms with Gasteiger partial charge in [-0.25, -0.2) is 0 Å². The number of hydrogen-bond donors (Lipinski definition) is 0. The SMILES string of the molecule is COc1ccc(N(Cc2ccccc2)Cc2nnc(C)n2C)cc1. The highest BCUT2D eigenvalue weighted by molar-refractivity contribution is 5.49. The van der Waals surface area contributed by atoms with Crippen molar-refractivity contribution in [1.29, 1.82) is 0 Å². The van der Waals surface area contributed by atoms with E-state index in [1.165, 1.54) is 5.56 Å². The van der Waals surface area contributed by atoms with E-state index in [-0.39, 0.29) is 0 Å². The van der Waals surface area contributed by atoms with E-state index in [1.54, 1.807) is 7.11 Å². The molecule has 0 radical (unpaired) electrons. The summed E-state index contributed by atoms with van der Waals surface area (Å²) in [4.78, 5) is 2.29. The van der Waals surface area contributed by atoms with Gasteiger partial charge >= 0.3 is 0 Å². The summed E-state index contributed by atoms with van der Waals surface area (Å²) in [5.41, 5.74) is 2.38. The van der Waals surface area contributed by atoms with Crippen molar-refractivity contribution >= 4 is 5.69 Å². The molecule has 0 N–H and O–H groups in total. The van der Waals surface area contributed by atoms with Crippen molar-refractivity contribution in [1.82, 2.24) is 14.8 Å². The monoisotopic (exact) mass is 322 g/mol. The quantitative estimate of drug-likeness (QED) is 0.698. The van der Waals surface area contributed by atoms with Gasteiger partial charge in [0, 0.05) is 19.3 Å². The molecule has 3 rings (SSSR count). The maximum absolute atomic E-state index is 5.26. The van der Waals surface area contributed by atoms with Gasteiger partial charge in [-0.3, -0.25) is 0 Å². The van der Waals surface area contributed by atoms with E-state index in [2.05, 4.69) is 51.5 Å². The first-order valence-electron chi connectivity index (χ1n) is 7.95. The van der Waals surface area contributed by atoms with Crippen LogP contribution in [0.2, 0.25) is 0 Å². The summed E-state index contributed by atoms with van der Waals surface area (Å²) in [6, 6.07) is 18.5. The highest BCUT2D eigenvalue weighted by Crippen LogP contribution is 2.23. The molecule has 0 aliphatic carbocycles. The molecule has 0 atom stereocenters. The molecule has 0 saturated carbocycles. The van der Waals surface area contributed by atoms with Crippen LogP contribution in [0, 0.1) is 6.92 Å². The largest absolute Gasteiger partial charge is 0.497 e. The lowest BCUT2D eigenvalue weighted by Gasteiger charge is -2.24. The van der Waals surface area contributed by atoms with Crippen molar-refractivity contribution in [3.63, 3.8) is 0 Å². The Bertz CT molecular complexity index is 781. The van der Waals surface area contributed by atoms with E-state index in [0.29, 0.717) is 6.54 Å². The molecule has 0 bridgehead atoms. The Labute approximate surface area is 142 Å². The smallest absolute Gasteiger partial charge is 0.152 e. The van der Waals surface area contributed by atoms with E-state index in [1.807, 2.05) is 36.7 Å². The average molecular weight is 322 g/mol. The van der Waals surface area contributed by atoms with E-state index >= 15 is 0 Å². The number of hydrogen-bond acceptors (Lipinski definition) is 4. The molecule has 5 nitrogen and oxygen atoms in total. The van der Waals surface area contributed by atoms with Crippen LogP contribution in [0.25, 0.3) is 0 Å². The first-order chi connectivity index (χ1) is 11.7. The van der Waals surface area contributed by atoms with E-state index in [9.17, 15) is 0 Å². The third-order valence-corrected chi connectivity index (χ3v) is 4.17. The second kappa shape index (κ2) is 7.17. The molecule has 124 valence electrons. The number of nitrogens with zero attached hydrogens (tertiary/aromatic N) is 4. The highest BCUT2D eigenvalue weighted by atomic mass is 16.5. The van der Waals surface area contributed by atoms with Crippen LogP contribution in [-0.4, -0.2) is 21.9 Å². The Kier molecular flexibility index (Phi) is 4.79. The molecule has 1 aromatic heterocycles. The van der Waals surface area contributed by atoms with Crippen molar-refractivity contribution in [2.24, 2.45) is 7.05 Å². The van der Waals surface area contributed by atoms with Gasteiger partial charge in [-0.15, -0.1) is 10.2 Å². The summed E-state index contributed by atoms with van der Waals surface area (Å²) in [7, 11) is 3.68. The van der Waals surface area contributed by atoms with Gasteiger partial charge in [0.25, 0.3) is 0 Å². The van der Waals surface area contributed by atoms with E-state index in [4.69, 9.17) is 4.74 Å². The summed E-state index contributed by atoms with van der Waals surface area (Å²) in [5.74, 6) is 2.71. The first kappa shape index (κ1) is 16.1. The Balaban J connectivity index is 1.88. The molecule has 0 saturated heterocycles. The van der Waals surface area contributed by atoms with Crippen molar-refractivity contribution in [2.75, 3.05) is 12.0 Å². The molecule has 2 aromatic carbocycles. The zero-order valence-electron chi connectivity index (χ0n) is 14.3. The summed E-state index contributed by atoms with van der Waals surface area (Å²) in [6.07, 6.45) is 0. The number of benzene rings is 2. The third kappa shape index (κ3) is 3.56. The molecule has 0 unspecified atom stereocenters. The van der Waals surface area contributed by atoms with Gasteiger partial charge in [0.05, 0.1) is 13.7 Å². The molecule has 0 fully saturated rings. The molecule has 3 aromatic rings. The lowest BCUT2D eigenvalue weighted by Crippen LogP contribution is -2.24. The second-order valence-corrected chi connectivity index (χ2v) is 5.76. The maximum Gasteiger partial charge on any atom is 0.152 e. The van der Waals surface area contributed by atoms with Crippen LogP contribution in [-0.2, 0) is 20.1 Å². The average Bonchev–Trinajstić information content (AvgIpc) is 2.94. The number of aromatic nitrogens is 3. The molecule has 0 amide bonds. The Morgan fingerprint density at radius 2 is 1.67 bits per heavy atom. The Hall–Kier alpha value is -2.82. The molecular weight excluding hydrogens is 300 g/mol. The fraction of sp³-hybridized carbons (Fsp3) is 0.263. The summed E-state index contributed by atoms with van der Waals surface area (Å²) >= 11 is 0. The van der Waals surface area contributed by atoms with Gasteiger partial charge < -0.3 is 14.2 Å². The van der Waals surface area contributed by atoms with Gasteiger partial charge in [0.15, 0.2) is 5.82 Å². The van der Waals surface area contributed by atoms with Gasteiger partial charge in [-0.2, -0.15) is 0 Å². The molecule has 0 aliphatic heterocycles. The lowest BCUT2D eigenvalue weighted by atomic mass is 10.2. The fourth-order valence-electron chi connectivity index (χ4n) is 2.59. The minimum absolute atomic E-state index is 0.693. The molecule has 0 spiro atoms. The fourth-order valence-corrected chi connectivity index (χ4v) is 2.59. The zero-order chi connectivity index (χ0) is 16.9. The molecule has 5 heteroatoms. The minimum atomic E-state index is 0.693. The number of anilines is 1. The summed E-state index contributed by atoms with van der Waals surface area (Å²) < 4.78 is 7.29. The van der Waals surface area contributed by atoms with Crippen LogP contribution in [0.3, 0.4) is 0 Å². The zero-order valence-corrected chi connectivity index (χ0v) is 14.3. The van der Waals surface area contributed by atoms with Crippen molar-refractivity contribution in [3.05, 3.63) is 71.8 Å². The molecule has 0 aliphatic rings. The van der Waals surface area contributed by atoms with Crippen LogP contribution in [0.15, 0.2) is 54.6 Å². The van der Waals surface area contributed by atoms with Crippen LogP contribution < -0.4 is 9.64 Å². The summed E-state index contributed by atoms with van der Waals surface area (Å²) in [5, 5.41) is 8.47. The molecule has 24 heavy (non-hydrogen) atoms. The van der Waals surface area contributed by atoms with E-state index in [0.717, 1.165) is 29.6 Å². The first-order valence-corrected chi connectivity index (χ1v) is 7.95. The Morgan fingerprint density at radius 1 is 0.958 bits per heavy atom. The molecular formula is C19H22N4O. The second-order valence-electron chi connectivity index (χ2n) is 5.76. The summed E-state index contributed by atoms with van der Waals surface area (Å²) in [6.45, 7) is 3.46. The predicted molar refractivity (Wildman–Crippen MR) is 95.1 cm³/mol. The standard InChI is InChI=1S/C19H22N4O/c1-15-20-21-19(22(15)2)14-23(13-16-7-5-4-6-8-16)17-9-11-18(24-3)12-10-17/h4-12H,13-14H2,1-3H3. The minimum Gasteiger partial charge on any atom is -0.497 e. The van der Waals surface area contributed by atoms with Crippen LogP contribution >= 0.6 is 0 Å². The lowest BCUT2D eigenvalue weighted by molar-refractivity contribution is 0.415. The Morgan fingerprint density at radius 3 is 2.25 bits per heavy atom. The third-order valence-electron chi connectivity index (χ3n) is 4.17. The molecule has 1 heterocycles. The topological polar surface area (TPSA) is 43.2 Å². The highest BCUT2D eigenvalue weighted by Gasteiger charge is 2.13. The predicted octanol–water partition coefficient (Wildman–Crippen LogP) is 3.34. The van der Waals surface area contributed by atoms with Crippen molar-refractivity contribution in [3.8, 4) is 5.75 Å². The van der Waals surface area contributed by atoms with Gasteiger partial charge in [0.2, 0.25) is 0 Å². The van der Waals surface area contributed by atoms with Crippen molar-refractivity contribution in [2.45, 2.75) is 20.0 Å². The number of ether oxygens (including phenoxy) is 1. The van der Waals surface area contributed by atoms with Crippen LogP contribution in [0.4, 0.5) is 5.69 Å². The number of methoxy groups -OCH3 is 1. The van der Waals surface area contributed by atoms with E-state index < -0.39 is 0 Å². The van der Waals surface area contributed by atoms with Crippen molar-refractivity contribution < 1.29 is 4.74 Å². The number of aryl methyl sites for hydroxylation is 1. The van der Waals surface area contributed by atoms with Crippen LogP contribution in [0.5, 0.6) is 5.75 Å². The van der Waals surface area contributed by atoms with Crippen LogP contribution in [0.1, 0.15) is 17.2 Å². The van der Waals surface area contributed by atoms with Gasteiger partial charge in [0.1, 0.15) is 11.6 Å². The normalized spacial score (nSPS) is 10.6.